The lowest BCUT2D eigenvalue weighted by molar-refractivity contribution is 0.142. The van der Waals surface area contributed by atoms with Crippen molar-refractivity contribution >= 4 is 38.4 Å². The summed E-state index contributed by atoms with van der Waals surface area (Å²) < 4.78 is 2.39. The van der Waals surface area contributed by atoms with Crippen LogP contribution in [-0.2, 0) is 6.54 Å². The van der Waals surface area contributed by atoms with Crippen molar-refractivity contribution in [2.45, 2.75) is 59.1 Å². The van der Waals surface area contributed by atoms with E-state index in [4.69, 9.17) is 16.7 Å². The van der Waals surface area contributed by atoms with Gasteiger partial charge >= 0.3 is 0 Å². The van der Waals surface area contributed by atoms with Crippen LogP contribution in [0.15, 0.2) is 27.7 Å². The van der Waals surface area contributed by atoms with Gasteiger partial charge in [0, 0.05) is 17.6 Å². The number of unbranched alkanes of at least 4 members (excludes halogenated alkanes) is 1. The van der Waals surface area contributed by atoms with Crippen LogP contribution in [0, 0.1) is 0 Å². The zero-order valence-electron chi connectivity index (χ0n) is 15.8. The Bertz CT molecular complexity index is 731. The normalized spacial score (nSPS) is 16.3. The third kappa shape index (κ3) is 6.99. The quantitative estimate of drug-likeness (QED) is 0.734. The van der Waals surface area contributed by atoms with Crippen molar-refractivity contribution in [2.24, 2.45) is 0 Å². The predicted octanol–water partition coefficient (Wildman–Crippen LogP) is 4.37. The summed E-state index contributed by atoms with van der Waals surface area (Å²) in [4.78, 5) is 16.4. The zero-order chi connectivity index (χ0) is 19.5. The minimum Gasteiger partial charge on any atom is -0.392 e. The van der Waals surface area contributed by atoms with Crippen LogP contribution in [-0.4, -0.2) is 33.9 Å². The molecule has 2 aromatic rings. The van der Waals surface area contributed by atoms with Gasteiger partial charge in [0.25, 0.3) is 5.56 Å². The number of rotatable bonds is 3. The van der Waals surface area contributed by atoms with Gasteiger partial charge in [-0.2, -0.15) is 0 Å². The van der Waals surface area contributed by atoms with E-state index >= 15 is 0 Å². The number of β-amino-alcohol motifs (C(OH)–C–C–N with tert-alkyl or cyclic N) is 1. The number of nitrogens with zero attached hydrogens (tertiary/aromatic N) is 2. The molecule has 2 heterocycles. The van der Waals surface area contributed by atoms with E-state index in [0.29, 0.717) is 22.5 Å². The van der Waals surface area contributed by atoms with Gasteiger partial charge in [0.1, 0.15) is 0 Å². The van der Waals surface area contributed by atoms with Gasteiger partial charge in [-0.3, -0.25) is 9.36 Å². The molecule has 26 heavy (non-hydrogen) atoms. The Hall–Kier alpha value is -0.950. The molecule has 7 heteroatoms. The highest BCUT2D eigenvalue weighted by Gasteiger charge is 2.07. The van der Waals surface area contributed by atoms with Crippen molar-refractivity contribution < 1.29 is 5.11 Å². The molecule has 1 aliphatic rings. The van der Waals surface area contributed by atoms with Gasteiger partial charge in [0.2, 0.25) is 0 Å². The molecule has 0 bridgehead atoms. The van der Waals surface area contributed by atoms with Crippen LogP contribution in [0.2, 0.25) is 5.02 Å². The first-order chi connectivity index (χ1) is 12.5. The fraction of sp³-hybridized carbons (Fsp3) is 0.579. The smallest absolute Gasteiger partial charge is 0.261 e. The minimum absolute atomic E-state index is 0.0298. The first kappa shape index (κ1) is 23.1. The number of aryl methyl sites for hydroxylation is 1. The number of fused-ring (bicyclic) bond motifs is 1. The second-order valence-corrected chi connectivity index (χ2v) is 7.14. The number of piperidine rings is 1. The molecule has 1 aromatic heterocycles. The number of aliphatic hydroxyl groups excluding tert-OH is 1. The summed E-state index contributed by atoms with van der Waals surface area (Å²) in [6.07, 6.45) is 5.64. The van der Waals surface area contributed by atoms with Crippen molar-refractivity contribution in [1.82, 2.24) is 14.9 Å². The lowest BCUT2D eigenvalue weighted by atomic mass is 10.1. The number of aliphatic hydroxyl groups is 1. The Morgan fingerprint density at radius 3 is 2.69 bits per heavy atom. The second-order valence-electron chi connectivity index (χ2n) is 5.88. The van der Waals surface area contributed by atoms with E-state index in [1.807, 2.05) is 13.8 Å². The first-order valence-electron chi connectivity index (χ1n) is 9.26. The monoisotopic (exact) mass is 445 g/mol. The van der Waals surface area contributed by atoms with Crippen LogP contribution in [0.5, 0.6) is 0 Å². The molecular formula is C19H29BrClN3O2. The van der Waals surface area contributed by atoms with Crippen LogP contribution in [0.25, 0.3) is 10.9 Å². The van der Waals surface area contributed by atoms with Crippen molar-refractivity contribution in [2.75, 3.05) is 13.1 Å². The highest BCUT2D eigenvalue weighted by atomic mass is 79.9. The molecule has 146 valence electrons. The van der Waals surface area contributed by atoms with E-state index in [9.17, 15) is 4.79 Å². The molecule has 1 unspecified atom stereocenters. The molecule has 1 saturated heterocycles. The van der Waals surface area contributed by atoms with Crippen molar-refractivity contribution in [1.29, 1.82) is 0 Å². The van der Waals surface area contributed by atoms with Crippen molar-refractivity contribution in [3.05, 3.63) is 38.3 Å². The minimum atomic E-state index is -0.0752. The van der Waals surface area contributed by atoms with Gasteiger partial charge < -0.3 is 10.4 Å². The van der Waals surface area contributed by atoms with Gasteiger partial charge in [-0.1, -0.05) is 38.8 Å². The summed E-state index contributed by atoms with van der Waals surface area (Å²) in [7, 11) is 0. The molecular weight excluding hydrogens is 418 g/mol. The summed E-state index contributed by atoms with van der Waals surface area (Å²) >= 11 is 9.31. The number of hydrogen-bond donors (Lipinski definition) is 2. The summed E-state index contributed by atoms with van der Waals surface area (Å²) in [5, 5.41) is 13.0. The number of benzene rings is 1. The number of hydrogen-bond acceptors (Lipinski definition) is 4. The summed E-state index contributed by atoms with van der Waals surface area (Å²) in [5.41, 5.74) is 0.636. The summed E-state index contributed by atoms with van der Waals surface area (Å²) in [6, 6.07) is 3.43. The van der Waals surface area contributed by atoms with Crippen LogP contribution >= 0.6 is 27.5 Å². The van der Waals surface area contributed by atoms with E-state index in [-0.39, 0.29) is 11.7 Å². The average molecular weight is 447 g/mol. The molecule has 3 rings (SSSR count). The Balaban J connectivity index is 0.000000313. The van der Waals surface area contributed by atoms with Gasteiger partial charge in [-0.15, -0.1) is 0 Å². The second kappa shape index (κ2) is 12.4. The molecule has 5 nitrogen and oxygen atoms in total. The average Bonchev–Trinajstić information content (AvgIpc) is 2.66. The van der Waals surface area contributed by atoms with Gasteiger partial charge in [-0.05, 0) is 53.9 Å². The Morgan fingerprint density at radius 1 is 1.42 bits per heavy atom. The van der Waals surface area contributed by atoms with Crippen molar-refractivity contribution in [3.63, 3.8) is 0 Å². The maximum absolute atomic E-state index is 12.1. The van der Waals surface area contributed by atoms with Gasteiger partial charge in [-0.25, -0.2) is 4.98 Å². The fourth-order valence-electron chi connectivity index (χ4n) is 2.47. The molecule has 0 saturated carbocycles. The molecule has 0 radical (unpaired) electrons. The van der Waals surface area contributed by atoms with Crippen LogP contribution in [0.3, 0.4) is 0 Å². The Morgan fingerprint density at radius 2 is 2.15 bits per heavy atom. The number of halogens is 2. The molecule has 1 aromatic carbocycles. The topological polar surface area (TPSA) is 67.2 Å². The molecule has 1 atom stereocenters. The van der Waals surface area contributed by atoms with E-state index in [2.05, 4.69) is 33.2 Å². The SMILES string of the molecule is CC.CCCCn1cnc2cc(Br)c(Cl)cc2c1=O.OC1CCCNC1. The van der Waals surface area contributed by atoms with Crippen molar-refractivity contribution in [3.8, 4) is 0 Å². The molecule has 0 aliphatic carbocycles. The third-order valence-electron chi connectivity index (χ3n) is 3.89. The Kier molecular flexibility index (Phi) is 11.0. The van der Waals surface area contributed by atoms with E-state index < -0.39 is 0 Å². The van der Waals surface area contributed by atoms with E-state index in [0.717, 1.165) is 43.2 Å². The molecule has 2 N–H and O–H groups in total. The maximum Gasteiger partial charge on any atom is 0.261 e. The van der Waals surface area contributed by atoms with Gasteiger partial charge in [0.05, 0.1) is 28.4 Å². The lowest BCUT2D eigenvalue weighted by Gasteiger charge is -2.16. The standard InChI is InChI=1S/C12H12BrClN2O.C5H11NO.C2H6/c1-2-3-4-16-7-15-11-6-9(13)10(14)5-8(11)12(16)17;7-5-2-1-3-6-4-5;1-2/h5-7H,2-4H2,1H3;5-7H,1-4H2;1-2H3. The van der Waals surface area contributed by atoms with Gasteiger partial charge in [0.15, 0.2) is 0 Å². The Labute approximate surface area is 168 Å². The molecule has 0 spiro atoms. The van der Waals surface area contributed by atoms with Crippen LogP contribution in [0.4, 0.5) is 0 Å². The van der Waals surface area contributed by atoms with E-state index in [1.165, 1.54) is 0 Å². The number of aromatic nitrogens is 2. The first-order valence-corrected chi connectivity index (χ1v) is 10.4. The lowest BCUT2D eigenvalue weighted by Crippen LogP contribution is -2.33. The highest BCUT2D eigenvalue weighted by molar-refractivity contribution is 9.10. The molecule has 1 fully saturated rings. The third-order valence-corrected chi connectivity index (χ3v) is 5.09. The summed E-state index contributed by atoms with van der Waals surface area (Å²) in [6.45, 7) is 8.66. The largest absolute Gasteiger partial charge is 0.392 e. The predicted molar refractivity (Wildman–Crippen MR) is 113 cm³/mol. The highest BCUT2D eigenvalue weighted by Crippen LogP contribution is 2.25. The van der Waals surface area contributed by atoms with Crippen LogP contribution < -0.4 is 10.9 Å². The maximum atomic E-state index is 12.1. The van der Waals surface area contributed by atoms with Crippen LogP contribution in [0.1, 0.15) is 46.5 Å². The fourth-order valence-corrected chi connectivity index (χ4v) is 2.97. The molecule has 1 aliphatic heterocycles. The zero-order valence-corrected chi connectivity index (χ0v) is 18.1. The molecule has 0 amide bonds. The van der Waals surface area contributed by atoms with E-state index in [1.54, 1.807) is 23.0 Å². The summed E-state index contributed by atoms with van der Waals surface area (Å²) in [5.74, 6) is 0. The number of nitrogens with one attached hydrogen (secondary N) is 1.